The van der Waals surface area contributed by atoms with Gasteiger partial charge in [-0.1, -0.05) is 41.9 Å². The van der Waals surface area contributed by atoms with Gasteiger partial charge in [-0.3, -0.25) is 9.59 Å². The molecule has 3 aromatic rings. The van der Waals surface area contributed by atoms with Crippen LogP contribution in [0.15, 0.2) is 60.8 Å². The lowest BCUT2D eigenvalue weighted by Crippen LogP contribution is -2.40. The molecule has 33 heavy (non-hydrogen) atoms. The van der Waals surface area contributed by atoms with Gasteiger partial charge in [-0.05, 0) is 56.0 Å². The first-order chi connectivity index (χ1) is 16.0. The number of benzene rings is 2. The zero-order valence-corrected chi connectivity index (χ0v) is 19.3. The molecule has 7 heteroatoms. The molecule has 2 aromatic carbocycles. The van der Waals surface area contributed by atoms with Crippen molar-refractivity contribution in [1.29, 1.82) is 0 Å². The minimum absolute atomic E-state index is 0.0259. The van der Waals surface area contributed by atoms with Gasteiger partial charge in [0.05, 0.1) is 18.3 Å². The quantitative estimate of drug-likeness (QED) is 0.528. The molecule has 1 fully saturated rings. The first kappa shape index (κ1) is 21.7. The Kier molecular flexibility index (Phi) is 5.94. The highest BCUT2D eigenvalue weighted by atomic mass is 35.5. The summed E-state index contributed by atoms with van der Waals surface area (Å²) in [7, 11) is 0. The van der Waals surface area contributed by atoms with Crippen molar-refractivity contribution in [1.82, 2.24) is 14.7 Å². The van der Waals surface area contributed by atoms with Crippen LogP contribution in [-0.2, 0) is 0 Å². The van der Waals surface area contributed by atoms with Crippen LogP contribution >= 0.6 is 11.6 Å². The standard InChI is InChI=1S/C26H27ClN4O2/c1-17-15-23(18-5-3-2-4-6-18)29-25-22(16-28-31(17)25)26(33)30-13-11-20(12-14-30)24(32)19-7-9-21(27)10-8-19/h2-10,16-17,20,23,29H,11-15H2,1H3. The number of hydrogen-bond donors (Lipinski definition) is 1. The predicted molar refractivity (Wildman–Crippen MR) is 129 cm³/mol. The number of amides is 1. The normalized spacial score (nSPS) is 20.7. The topological polar surface area (TPSA) is 67.2 Å². The summed E-state index contributed by atoms with van der Waals surface area (Å²) in [6.07, 6.45) is 3.91. The van der Waals surface area contributed by atoms with Crippen molar-refractivity contribution in [3.63, 3.8) is 0 Å². The van der Waals surface area contributed by atoms with Crippen LogP contribution < -0.4 is 5.32 Å². The van der Waals surface area contributed by atoms with Crippen molar-refractivity contribution in [2.45, 2.75) is 38.3 Å². The van der Waals surface area contributed by atoms with Crippen LogP contribution in [0.1, 0.15) is 64.5 Å². The zero-order chi connectivity index (χ0) is 22.9. The van der Waals surface area contributed by atoms with E-state index in [4.69, 9.17) is 11.6 Å². The molecule has 1 N–H and O–H groups in total. The number of aromatic nitrogens is 2. The van der Waals surface area contributed by atoms with Crippen LogP contribution in [-0.4, -0.2) is 39.5 Å². The molecule has 0 bridgehead atoms. The lowest BCUT2D eigenvalue weighted by Gasteiger charge is -2.33. The highest BCUT2D eigenvalue weighted by Crippen LogP contribution is 2.37. The van der Waals surface area contributed by atoms with Crippen molar-refractivity contribution in [3.05, 3.63) is 82.5 Å². The molecule has 1 aromatic heterocycles. The van der Waals surface area contributed by atoms with Crippen LogP contribution in [0.3, 0.4) is 0 Å². The molecule has 6 nitrogen and oxygen atoms in total. The van der Waals surface area contributed by atoms with E-state index in [1.54, 1.807) is 30.5 Å². The van der Waals surface area contributed by atoms with E-state index in [0.717, 1.165) is 12.2 Å². The molecular weight excluding hydrogens is 436 g/mol. The number of fused-ring (bicyclic) bond motifs is 1. The summed E-state index contributed by atoms with van der Waals surface area (Å²) in [5, 5.41) is 8.69. The summed E-state index contributed by atoms with van der Waals surface area (Å²) in [6.45, 7) is 3.26. The molecule has 5 rings (SSSR count). The van der Waals surface area contributed by atoms with Crippen molar-refractivity contribution >= 4 is 29.1 Å². The summed E-state index contributed by atoms with van der Waals surface area (Å²) >= 11 is 5.94. The summed E-state index contributed by atoms with van der Waals surface area (Å²) in [5.41, 5.74) is 2.49. The molecule has 0 saturated carbocycles. The van der Waals surface area contributed by atoms with Gasteiger partial charge in [0.25, 0.3) is 5.91 Å². The smallest absolute Gasteiger partial charge is 0.259 e. The predicted octanol–water partition coefficient (Wildman–Crippen LogP) is 5.39. The number of nitrogens with one attached hydrogen (secondary N) is 1. The van der Waals surface area contributed by atoms with Gasteiger partial charge in [-0.2, -0.15) is 5.10 Å². The number of hydrogen-bond acceptors (Lipinski definition) is 4. The molecule has 0 spiro atoms. The highest BCUT2D eigenvalue weighted by Gasteiger charge is 2.33. The molecule has 170 valence electrons. The highest BCUT2D eigenvalue weighted by molar-refractivity contribution is 6.30. The SMILES string of the molecule is CC1CC(c2ccccc2)Nc2c(C(=O)N3CCC(C(=O)c4ccc(Cl)cc4)CC3)cnn21. The number of carbonyl (C=O) groups is 2. The van der Waals surface area contributed by atoms with E-state index < -0.39 is 0 Å². The Bertz CT molecular complexity index is 1150. The Morgan fingerprint density at radius 3 is 2.42 bits per heavy atom. The van der Waals surface area contributed by atoms with E-state index in [1.165, 1.54) is 5.56 Å². The monoisotopic (exact) mass is 462 g/mol. The fourth-order valence-corrected chi connectivity index (χ4v) is 5.06. The third kappa shape index (κ3) is 4.27. The van der Waals surface area contributed by atoms with E-state index >= 15 is 0 Å². The molecule has 2 aliphatic rings. The van der Waals surface area contributed by atoms with Crippen molar-refractivity contribution < 1.29 is 9.59 Å². The van der Waals surface area contributed by atoms with Gasteiger partial charge in [-0.25, -0.2) is 4.68 Å². The van der Waals surface area contributed by atoms with Gasteiger partial charge in [-0.15, -0.1) is 0 Å². The van der Waals surface area contributed by atoms with Crippen molar-refractivity contribution in [3.8, 4) is 0 Å². The number of nitrogens with zero attached hydrogens (tertiary/aromatic N) is 3. The zero-order valence-electron chi connectivity index (χ0n) is 18.6. The van der Waals surface area contributed by atoms with Gasteiger partial charge in [0, 0.05) is 29.6 Å². The number of halogens is 1. The minimum Gasteiger partial charge on any atom is -0.363 e. The molecule has 2 unspecified atom stereocenters. The number of piperidine rings is 1. The Morgan fingerprint density at radius 1 is 1.03 bits per heavy atom. The van der Waals surface area contributed by atoms with Gasteiger partial charge >= 0.3 is 0 Å². The Hall–Kier alpha value is -3.12. The van der Waals surface area contributed by atoms with Crippen molar-refractivity contribution in [2.75, 3.05) is 18.4 Å². The van der Waals surface area contributed by atoms with Gasteiger partial charge in [0.2, 0.25) is 0 Å². The number of Topliss-reactive ketones (excluding diaryl/α,β-unsaturated/α-hetero) is 1. The van der Waals surface area contributed by atoms with E-state index in [9.17, 15) is 9.59 Å². The number of ketones is 1. The van der Waals surface area contributed by atoms with Crippen LogP contribution in [0.2, 0.25) is 5.02 Å². The van der Waals surface area contributed by atoms with E-state index in [0.29, 0.717) is 42.1 Å². The molecule has 3 heterocycles. The van der Waals surface area contributed by atoms with Gasteiger partial charge < -0.3 is 10.2 Å². The number of rotatable bonds is 4. The maximum absolute atomic E-state index is 13.4. The number of carbonyl (C=O) groups excluding carboxylic acids is 2. The Labute approximate surface area is 198 Å². The lowest BCUT2D eigenvalue weighted by atomic mass is 9.88. The summed E-state index contributed by atoms with van der Waals surface area (Å²) in [5.74, 6) is 0.814. The van der Waals surface area contributed by atoms with Crippen LogP contribution in [0.25, 0.3) is 0 Å². The van der Waals surface area contributed by atoms with Crippen LogP contribution in [0.5, 0.6) is 0 Å². The van der Waals surface area contributed by atoms with E-state index in [-0.39, 0.29) is 29.7 Å². The molecule has 0 aliphatic carbocycles. The first-order valence-electron chi connectivity index (χ1n) is 11.5. The fraction of sp³-hybridized carbons (Fsp3) is 0.346. The third-order valence-electron chi connectivity index (χ3n) is 6.81. The largest absolute Gasteiger partial charge is 0.363 e. The second-order valence-electron chi connectivity index (χ2n) is 8.98. The second kappa shape index (κ2) is 9.02. The summed E-state index contributed by atoms with van der Waals surface area (Å²) in [4.78, 5) is 28.1. The molecule has 1 saturated heterocycles. The maximum Gasteiger partial charge on any atom is 0.259 e. The molecular formula is C26H27ClN4O2. The minimum atomic E-state index is -0.0723. The molecule has 0 radical (unpaired) electrons. The average molecular weight is 463 g/mol. The van der Waals surface area contributed by atoms with E-state index in [1.807, 2.05) is 27.8 Å². The molecule has 1 amide bonds. The Morgan fingerprint density at radius 2 is 1.73 bits per heavy atom. The lowest BCUT2D eigenvalue weighted by molar-refractivity contribution is 0.0651. The van der Waals surface area contributed by atoms with Crippen LogP contribution in [0.4, 0.5) is 5.82 Å². The van der Waals surface area contributed by atoms with Gasteiger partial charge in [0.15, 0.2) is 5.78 Å². The maximum atomic E-state index is 13.4. The fourth-order valence-electron chi connectivity index (χ4n) is 4.93. The summed E-state index contributed by atoms with van der Waals surface area (Å²) in [6, 6.07) is 17.7. The average Bonchev–Trinajstić information content (AvgIpc) is 3.29. The van der Waals surface area contributed by atoms with E-state index in [2.05, 4.69) is 29.5 Å². The summed E-state index contributed by atoms with van der Waals surface area (Å²) < 4.78 is 1.92. The second-order valence-corrected chi connectivity index (χ2v) is 9.42. The van der Waals surface area contributed by atoms with Crippen LogP contribution in [0, 0.1) is 5.92 Å². The number of likely N-dealkylation sites (tertiary alicyclic amines) is 1. The third-order valence-corrected chi connectivity index (χ3v) is 7.07. The van der Waals surface area contributed by atoms with Gasteiger partial charge in [0.1, 0.15) is 11.4 Å². The molecule has 2 aliphatic heterocycles. The molecule has 2 atom stereocenters. The Balaban J connectivity index is 1.28. The number of anilines is 1. The van der Waals surface area contributed by atoms with Crippen molar-refractivity contribution in [2.24, 2.45) is 5.92 Å². The first-order valence-corrected chi connectivity index (χ1v) is 11.9.